The molecule has 0 spiro atoms. The molecule has 1 heterocycles. The van der Waals surface area contributed by atoms with Gasteiger partial charge in [0.1, 0.15) is 11.3 Å². The van der Waals surface area contributed by atoms with Crippen molar-refractivity contribution in [1.82, 2.24) is 0 Å². The molecule has 0 unspecified atom stereocenters. The van der Waals surface area contributed by atoms with Crippen LogP contribution < -0.4 is 5.63 Å². The zero-order valence-corrected chi connectivity index (χ0v) is 10.9. The van der Waals surface area contributed by atoms with E-state index in [2.05, 4.69) is 0 Å². The third kappa shape index (κ3) is 2.45. The monoisotopic (exact) mass is 252 g/mol. The van der Waals surface area contributed by atoms with Gasteiger partial charge in [-0.1, -0.05) is 6.08 Å². The van der Waals surface area contributed by atoms with Gasteiger partial charge in [0.05, 0.1) is 12.2 Å². The van der Waals surface area contributed by atoms with Crippen LogP contribution in [0.15, 0.2) is 15.3 Å². The smallest absolute Gasteiger partial charge is 0.345 e. The number of hydrogen-bond acceptors (Lipinski definition) is 5. The predicted octanol–water partition coefficient (Wildman–Crippen LogP) is 2.25. The Bertz CT molecular complexity index is 551. The molecule has 18 heavy (non-hydrogen) atoms. The summed E-state index contributed by atoms with van der Waals surface area (Å²) in [7, 11) is 0. The van der Waals surface area contributed by atoms with Gasteiger partial charge in [0, 0.05) is 0 Å². The van der Waals surface area contributed by atoms with Crippen molar-refractivity contribution < 1.29 is 19.1 Å². The summed E-state index contributed by atoms with van der Waals surface area (Å²) in [6, 6.07) is 0. The van der Waals surface area contributed by atoms with Crippen LogP contribution in [0.5, 0.6) is 5.75 Å². The molecule has 1 aromatic heterocycles. The number of rotatable bonds is 3. The maximum absolute atomic E-state index is 11.8. The van der Waals surface area contributed by atoms with Crippen LogP contribution in [0.3, 0.4) is 0 Å². The first-order chi connectivity index (χ1) is 8.43. The topological polar surface area (TPSA) is 76.7 Å². The molecular weight excluding hydrogens is 236 g/mol. The van der Waals surface area contributed by atoms with Gasteiger partial charge < -0.3 is 14.3 Å². The fraction of sp³-hybridized carbons (Fsp3) is 0.385. The molecule has 0 atom stereocenters. The lowest BCUT2D eigenvalue weighted by Gasteiger charge is -2.10. The van der Waals surface area contributed by atoms with Crippen molar-refractivity contribution in [2.75, 3.05) is 6.61 Å². The van der Waals surface area contributed by atoms with E-state index in [-0.39, 0.29) is 29.2 Å². The van der Waals surface area contributed by atoms with Crippen LogP contribution in [0, 0.1) is 6.92 Å². The third-order valence-electron chi connectivity index (χ3n) is 2.59. The van der Waals surface area contributed by atoms with Gasteiger partial charge in [-0.25, -0.2) is 9.59 Å². The van der Waals surface area contributed by atoms with E-state index in [9.17, 15) is 14.7 Å². The third-order valence-corrected chi connectivity index (χ3v) is 2.59. The molecule has 0 amide bonds. The lowest BCUT2D eigenvalue weighted by atomic mass is 10.1. The number of carbonyl (C=O) groups is 1. The highest BCUT2D eigenvalue weighted by molar-refractivity contribution is 5.97. The summed E-state index contributed by atoms with van der Waals surface area (Å²) < 4.78 is 9.91. The minimum Gasteiger partial charge on any atom is -0.506 e. The molecule has 98 valence electrons. The van der Waals surface area contributed by atoms with Gasteiger partial charge in [-0.3, -0.25) is 0 Å². The molecule has 1 aromatic rings. The minimum atomic E-state index is -0.710. The van der Waals surface area contributed by atoms with Gasteiger partial charge in [0.25, 0.3) is 0 Å². The second kappa shape index (κ2) is 5.53. The van der Waals surface area contributed by atoms with Crippen molar-refractivity contribution in [3.8, 4) is 5.75 Å². The zero-order valence-electron chi connectivity index (χ0n) is 10.9. The summed E-state index contributed by atoms with van der Waals surface area (Å²) in [6.45, 7) is 6.63. The molecule has 0 aliphatic rings. The van der Waals surface area contributed by atoms with Crippen LogP contribution in [0.4, 0.5) is 0 Å². The highest BCUT2D eigenvalue weighted by Gasteiger charge is 2.24. The summed E-state index contributed by atoms with van der Waals surface area (Å²) in [4.78, 5) is 23.3. The number of hydrogen-bond donors (Lipinski definition) is 1. The molecule has 0 saturated carbocycles. The summed E-state index contributed by atoms with van der Waals surface area (Å²) in [5.41, 5.74) is -0.211. The average molecular weight is 252 g/mol. The summed E-state index contributed by atoms with van der Waals surface area (Å²) in [5.74, 6) is -1.05. The highest BCUT2D eigenvalue weighted by Crippen LogP contribution is 2.28. The van der Waals surface area contributed by atoms with Crippen molar-refractivity contribution >= 4 is 11.5 Å². The first-order valence-electron chi connectivity index (χ1n) is 5.61. The van der Waals surface area contributed by atoms with Gasteiger partial charge in [0.2, 0.25) is 0 Å². The van der Waals surface area contributed by atoms with Gasteiger partial charge in [0.15, 0.2) is 5.76 Å². The minimum absolute atomic E-state index is 0.00861. The number of ether oxygens (including phenoxy) is 1. The predicted molar refractivity (Wildman–Crippen MR) is 66.7 cm³/mol. The Morgan fingerprint density at radius 1 is 1.50 bits per heavy atom. The van der Waals surface area contributed by atoms with E-state index < -0.39 is 11.6 Å². The lowest BCUT2D eigenvalue weighted by Crippen LogP contribution is -2.14. The molecule has 1 N–H and O–H groups in total. The number of allylic oxidation sites excluding steroid dienone is 2. The van der Waals surface area contributed by atoms with Crippen LogP contribution in [0.25, 0.3) is 5.57 Å². The van der Waals surface area contributed by atoms with E-state index in [1.54, 1.807) is 26.8 Å². The Kier molecular flexibility index (Phi) is 4.31. The van der Waals surface area contributed by atoms with Crippen molar-refractivity contribution in [2.24, 2.45) is 0 Å². The van der Waals surface area contributed by atoms with Crippen molar-refractivity contribution in [1.29, 1.82) is 0 Å². The van der Waals surface area contributed by atoms with Gasteiger partial charge >= 0.3 is 11.6 Å². The summed E-state index contributed by atoms with van der Waals surface area (Å²) in [5, 5.41) is 9.91. The van der Waals surface area contributed by atoms with E-state index in [1.807, 2.05) is 0 Å². The average Bonchev–Trinajstić information content (AvgIpc) is 2.34. The number of aromatic hydroxyl groups is 1. The number of carbonyl (C=O) groups excluding carboxylic acids is 1. The van der Waals surface area contributed by atoms with E-state index in [0.717, 1.165) is 0 Å². The normalized spacial score (nSPS) is 11.4. The van der Waals surface area contributed by atoms with E-state index in [0.29, 0.717) is 5.57 Å². The van der Waals surface area contributed by atoms with E-state index in [4.69, 9.17) is 9.15 Å². The highest BCUT2D eigenvalue weighted by atomic mass is 16.5. The summed E-state index contributed by atoms with van der Waals surface area (Å²) >= 11 is 0. The zero-order chi connectivity index (χ0) is 13.9. The van der Waals surface area contributed by atoms with Crippen molar-refractivity contribution in [2.45, 2.75) is 27.7 Å². The Balaban J connectivity index is 3.60. The Morgan fingerprint density at radius 2 is 2.11 bits per heavy atom. The molecule has 5 heteroatoms. The quantitative estimate of drug-likeness (QED) is 0.835. The molecule has 0 aromatic carbocycles. The van der Waals surface area contributed by atoms with Crippen LogP contribution in [-0.2, 0) is 4.74 Å². The molecule has 0 aliphatic heterocycles. The fourth-order valence-corrected chi connectivity index (χ4v) is 1.41. The molecule has 0 aliphatic carbocycles. The molecule has 1 rings (SSSR count). The van der Waals surface area contributed by atoms with Crippen LogP contribution >= 0.6 is 0 Å². The second-order valence-corrected chi connectivity index (χ2v) is 3.76. The first-order valence-corrected chi connectivity index (χ1v) is 5.61. The fourth-order valence-electron chi connectivity index (χ4n) is 1.41. The van der Waals surface area contributed by atoms with Gasteiger partial charge in [-0.2, -0.15) is 0 Å². The molecule has 5 nitrogen and oxygen atoms in total. The standard InChI is InChI=1S/C13H16O5/c1-5-7(3)11-9(13(16)17-6-2)10(14)8(4)12(15)18-11/h5,14H,6H2,1-4H3/b7-5+. The summed E-state index contributed by atoms with van der Waals surface area (Å²) in [6.07, 6.45) is 1.68. The van der Waals surface area contributed by atoms with Crippen LogP contribution in [-0.4, -0.2) is 17.7 Å². The Labute approximate surface area is 105 Å². The Hall–Kier alpha value is -2.04. The Morgan fingerprint density at radius 3 is 2.61 bits per heavy atom. The molecule has 0 bridgehead atoms. The maximum atomic E-state index is 11.8. The van der Waals surface area contributed by atoms with Crippen LogP contribution in [0.2, 0.25) is 0 Å². The molecule has 0 saturated heterocycles. The molecular formula is C13H16O5. The molecule has 0 radical (unpaired) electrons. The first kappa shape index (κ1) is 14.0. The van der Waals surface area contributed by atoms with Crippen LogP contribution in [0.1, 0.15) is 42.5 Å². The van der Waals surface area contributed by atoms with Crippen molar-refractivity contribution in [3.63, 3.8) is 0 Å². The maximum Gasteiger partial charge on any atom is 0.345 e. The molecule has 0 fully saturated rings. The largest absolute Gasteiger partial charge is 0.506 e. The SMILES string of the molecule is C/C=C(\C)c1oc(=O)c(C)c(O)c1C(=O)OCC. The van der Waals surface area contributed by atoms with Gasteiger partial charge in [-0.05, 0) is 33.3 Å². The van der Waals surface area contributed by atoms with Crippen molar-refractivity contribution in [3.05, 3.63) is 33.4 Å². The van der Waals surface area contributed by atoms with Gasteiger partial charge in [-0.15, -0.1) is 0 Å². The number of esters is 1. The lowest BCUT2D eigenvalue weighted by molar-refractivity contribution is 0.0518. The second-order valence-electron chi connectivity index (χ2n) is 3.76. The van der Waals surface area contributed by atoms with E-state index in [1.165, 1.54) is 6.92 Å². The van der Waals surface area contributed by atoms with E-state index >= 15 is 0 Å².